The molecule has 0 saturated carbocycles. The van der Waals surface area contributed by atoms with Crippen molar-refractivity contribution in [1.82, 2.24) is 0 Å². The average molecular weight is 952 g/mol. The van der Waals surface area contributed by atoms with Crippen LogP contribution in [0.25, 0.3) is 0 Å². The molecule has 0 aliphatic rings. The van der Waals surface area contributed by atoms with Crippen LogP contribution in [0.1, 0.15) is 302 Å². The zero-order valence-electron chi connectivity index (χ0n) is 47.9. The van der Waals surface area contributed by atoms with E-state index in [0.29, 0.717) is 23.2 Å². The third-order valence-electron chi connectivity index (χ3n) is 14.6. The fourth-order valence-electron chi connectivity index (χ4n) is 10.6. The van der Waals surface area contributed by atoms with E-state index in [1.807, 2.05) is 18.4 Å². The molecule has 0 saturated heterocycles. The van der Waals surface area contributed by atoms with Crippen LogP contribution in [-0.2, 0) is 4.74 Å². The Kier molecular flexibility index (Phi) is 52.1. The Balaban J connectivity index is -0.000000987. The average Bonchev–Trinajstić information content (AvgIpc) is 3.26. The van der Waals surface area contributed by atoms with Gasteiger partial charge in [0.1, 0.15) is 22.8 Å². The van der Waals surface area contributed by atoms with Gasteiger partial charge >= 0.3 is 0 Å². The summed E-state index contributed by atoms with van der Waals surface area (Å²) < 4.78 is 5.66. The van der Waals surface area contributed by atoms with Gasteiger partial charge in [-0.25, -0.2) is 0 Å². The maximum atomic E-state index is 5.66. The largest absolute Gasteiger partial charge is 0.489 e. The molecule has 0 radical (unpaired) electrons. The molecule has 0 aliphatic heterocycles. The summed E-state index contributed by atoms with van der Waals surface area (Å²) in [5.74, 6) is 6.77. The molecule has 0 atom stereocenters. The highest BCUT2D eigenvalue weighted by Gasteiger charge is 2.42. The summed E-state index contributed by atoms with van der Waals surface area (Å²) in [6.45, 7) is 40.9. The van der Waals surface area contributed by atoms with Crippen molar-refractivity contribution in [2.45, 2.75) is 336 Å². The van der Waals surface area contributed by atoms with Crippen molar-refractivity contribution in [3.63, 3.8) is 0 Å². The van der Waals surface area contributed by atoms with Crippen LogP contribution in [0.2, 0.25) is 33.2 Å². The van der Waals surface area contributed by atoms with Crippen molar-refractivity contribution in [3.05, 3.63) is 37.6 Å². The van der Waals surface area contributed by atoms with Gasteiger partial charge in [-0.05, 0) is 71.4 Å². The van der Waals surface area contributed by atoms with Crippen LogP contribution >= 0.6 is 0 Å². The van der Waals surface area contributed by atoms with E-state index in [1.165, 1.54) is 186 Å². The number of hydrogen-bond donors (Lipinski definition) is 0. The normalized spacial score (nSPS) is 11.7. The van der Waals surface area contributed by atoms with Gasteiger partial charge in [0.2, 0.25) is 0 Å². The fourth-order valence-corrected chi connectivity index (χ4v) is 21.2. The van der Waals surface area contributed by atoms with E-state index in [1.54, 1.807) is 0 Å². The second-order valence-corrected chi connectivity index (χ2v) is 33.1. The smallest absolute Gasteiger partial charge is 0.147 e. The van der Waals surface area contributed by atoms with Crippen molar-refractivity contribution in [3.8, 4) is 22.9 Å². The molecular formula is C63H122OSi2. The first-order valence-corrected chi connectivity index (χ1v) is 33.6. The van der Waals surface area contributed by atoms with Gasteiger partial charge in [0, 0.05) is 6.42 Å². The van der Waals surface area contributed by atoms with E-state index in [-0.39, 0.29) is 0 Å². The van der Waals surface area contributed by atoms with Crippen molar-refractivity contribution in [2.24, 2.45) is 0 Å². The van der Waals surface area contributed by atoms with Gasteiger partial charge in [0.15, 0.2) is 0 Å². The lowest BCUT2D eigenvalue weighted by atomic mass is 10.0. The summed E-state index contributed by atoms with van der Waals surface area (Å²) in [6.07, 6.45) is 52.4. The van der Waals surface area contributed by atoms with E-state index in [0.717, 1.165) is 35.9 Å². The molecule has 0 spiro atoms. The van der Waals surface area contributed by atoms with Gasteiger partial charge in [-0.1, -0.05) is 282 Å². The van der Waals surface area contributed by atoms with Crippen LogP contribution in [0.4, 0.5) is 0 Å². The number of rotatable bonds is 40. The molecule has 388 valence electrons. The number of allylic oxidation sites excluding steroid dienone is 3. The highest BCUT2D eigenvalue weighted by molar-refractivity contribution is 6.91. The molecule has 0 N–H and O–H groups in total. The Labute approximate surface area is 421 Å². The van der Waals surface area contributed by atoms with E-state index in [9.17, 15) is 0 Å². The highest BCUT2D eigenvalue weighted by Crippen LogP contribution is 2.41. The lowest BCUT2D eigenvalue weighted by Crippen LogP contribution is -2.43. The van der Waals surface area contributed by atoms with Gasteiger partial charge in [-0.15, -0.1) is 30.2 Å². The van der Waals surface area contributed by atoms with Crippen molar-refractivity contribution in [2.75, 3.05) is 6.61 Å². The van der Waals surface area contributed by atoms with Crippen LogP contribution in [0.15, 0.2) is 37.6 Å². The molecule has 0 heterocycles. The zero-order valence-corrected chi connectivity index (χ0v) is 49.9. The van der Waals surface area contributed by atoms with Crippen LogP contribution in [0, 0.1) is 22.9 Å². The summed E-state index contributed by atoms with van der Waals surface area (Å²) in [5.41, 5.74) is 11.7. The van der Waals surface area contributed by atoms with E-state index < -0.39 is 16.1 Å². The monoisotopic (exact) mass is 951 g/mol. The predicted molar refractivity (Wildman–Crippen MR) is 312 cm³/mol. The minimum atomic E-state index is -1.61. The molecule has 0 bridgehead atoms. The number of unbranched alkanes of at least 4 members (excludes halogenated alkanes) is 29. The maximum Gasteiger partial charge on any atom is 0.147 e. The number of ether oxygens (including phenoxy) is 1. The van der Waals surface area contributed by atoms with E-state index in [4.69, 9.17) is 4.74 Å². The Morgan fingerprint density at radius 3 is 0.924 bits per heavy atom. The predicted octanol–water partition coefficient (Wildman–Crippen LogP) is 22.8. The first kappa shape index (κ1) is 68.8. The van der Waals surface area contributed by atoms with Gasteiger partial charge in [-0.3, -0.25) is 0 Å². The minimum Gasteiger partial charge on any atom is -0.489 e. The Morgan fingerprint density at radius 1 is 0.364 bits per heavy atom. The summed E-state index contributed by atoms with van der Waals surface area (Å²) in [4.78, 5) is 0. The Morgan fingerprint density at radius 2 is 0.636 bits per heavy atom. The first-order valence-electron chi connectivity index (χ1n) is 29.2. The second-order valence-electron chi connectivity index (χ2n) is 22.0. The van der Waals surface area contributed by atoms with Gasteiger partial charge in [0.25, 0.3) is 0 Å². The minimum absolute atomic E-state index is 0.538. The molecule has 3 heteroatoms. The standard InChI is InChI=1S/C30H58OSi.C18H36.C15H28Si/c1-8-9-10-11-12-13-14-15-16-17-18-19-20-21-22-23-25-31-26-24-27-32(28(2)3,29(4)5)30(6)7;1-3-5-7-9-11-13-15-17-18-16-14-12-10-8-6-4-2;1-8-9-10-11-12-16(13(2)3,14(4)5)15(6)7/h23,25,28-30H,8-22,26H2,1-7H3;3H,1,4-18H2,2H3;8,13-15H,1,9-10H2,2-7H3/b25-23-;;. The highest BCUT2D eigenvalue weighted by atomic mass is 28.3. The van der Waals surface area contributed by atoms with Gasteiger partial charge in [0.05, 0.1) is 6.26 Å². The molecule has 0 aromatic rings. The zero-order chi connectivity index (χ0) is 50.2. The van der Waals surface area contributed by atoms with Crippen molar-refractivity contribution in [1.29, 1.82) is 0 Å². The SMILES string of the molecule is C=CCCC#C[Si](C(C)C)(C(C)C)C(C)C.C=CCCCCCCCCCCCCCCCC.CCCCCCCCCCCCCCCC/C=C\OCC#C[Si](C(C)C)(C(C)C)C(C)C. The van der Waals surface area contributed by atoms with Crippen molar-refractivity contribution >= 4 is 16.1 Å². The van der Waals surface area contributed by atoms with Gasteiger partial charge in [-0.2, -0.15) is 0 Å². The molecule has 0 aromatic heterocycles. The van der Waals surface area contributed by atoms with Crippen LogP contribution in [-0.4, -0.2) is 22.8 Å². The first-order chi connectivity index (χ1) is 31.7. The maximum absolute atomic E-state index is 5.66. The topological polar surface area (TPSA) is 9.23 Å². The third kappa shape index (κ3) is 37.5. The van der Waals surface area contributed by atoms with Gasteiger partial charge < -0.3 is 4.74 Å². The summed E-state index contributed by atoms with van der Waals surface area (Å²) in [7, 11) is -3.08. The fraction of sp³-hybridized carbons (Fsp3) is 0.841. The quantitative estimate of drug-likeness (QED) is 0.0196. The van der Waals surface area contributed by atoms with E-state index in [2.05, 4.69) is 139 Å². The van der Waals surface area contributed by atoms with Crippen LogP contribution in [0.3, 0.4) is 0 Å². The lowest BCUT2D eigenvalue weighted by Gasteiger charge is -2.38. The van der Waals surface area contributed by atoms with Crippen LogP contribution in [0.5, 0.6) is 0 Å². The lowest BCUT2D eigenvalue weighted by molar-refractivity contribution is 0.295. The molecule has 0 rings (SSSR count). The summed E-state index contributed by atoms with van der Waals surface area (Å²) in [5, 5.41) is 0. The second kappa shape index (κ2) is 50.0. The van der Waals surface area contributed by atoms with Crippen molar-refractivity contribution < 1.29 is 4.74 Å². The Bertz CT molecular complexity index is 1140. The summed E-state index contributed by atoms with van der Waals surface area (Å²) in [6, 6.07) is 0. The molecule has 1 nitrogen and oxygen atoms in total. The molecule has 66 heavy (non-hydrogen) atoms. The van der Waals surface area contributed by atoms with E-state index >= 15 is 0 Å². The molecule has 0 aromatic carbocycles. The third-order valence-corrected chi connectivity index (χ3v) is 27.3. The Hall–Kier alpha value is -1.43. The molecule has 0 fully saturated rings. The molecule has 0 unspecified atom stereocenters. The molecule has 0 amide bonds. The molecular weight excluding hydrogens is 829 g/mol. The molecule has 0 aliphatic carbocycles. The summed E-state index contributed by atoms with van der Waals surface area (Å²) >= 11 is 0. The number of hydrogen-bond acceptors (Lipinski definition) is 1. The van der Waals surface area contributed by atoms with Crippen LogP contribution < -0.4 is 0 Å².